The molecule has 0 aromatic rings. The zero-order valence-corrected chi connectivity index (χ0v) is 8.12. The van der Waals surface area contributed by atoms with E-state index in [2.05, 4.69) is 6.92 Å². The van der Waals surface area contributed by atoms with E-state index >= 15 is 0 Å². The van der Waals surface area contributed by atoms with E-state index in [0.29, 0.717) is 11.3 Å². The third-order valence-corrected chi connectivity index (χ3v) is 3.77. The summed E-state index contributed by atoms with van der Waals surface area (Å²) >= 11 is 0. The first-order chi connectivity index (χ1) is 6.15. The summed E-state index contributed by atoms with van der Waals surface area (Å²) in [6.45, 7) is 3.67. The topological polar surface area (TPSA) is 40.5 Å². The van der Waals surface area contributed by atoms with Gasteiger partial charge in [-0.1, -0.05) is 13.3 Å². The first-order valence-corrected chi connectivity index (χ1v) is 5.04. The molecule has 3 heteroatoms. The van der Waals surface area contributed by atoms with Gasteiger partial charge in [0.1, 0.15) is 6.61 Å². The summed E-state index contributed by atoms with van der Waals surface area (Å²) in [6, 6.07) is 0. The Hall–Kier alpha value is -0.570. The van der Waals surface area contributed by atoms with Gasteiger partial charge in [-0.25, -0.2) is 0 Å². The van der Waals surface area contributed by atoms with Crippen molar-refractivity contribution in [3.63, 3.8) is 0 Å². The quantitative estimate of drug-likeness (QED) is 0.647. The molecule has 2 fully saturated rings. The predicted molar refractivity (Wildman–Crippen MR) is 49.1 cm³/mol. The lowest BCUT2D eigenvalue weighted by molar-refractivity contribution is -0.133. The number of hydrogen-bond acceptors (Lipinski definition) is 2. The normalized spacial score (nSPS) is 38.0. The van der Waals surface area contributed by atoms with Gasteiger partial charge in [-0.05, 0) is 24.2 Å². The second-order valence-electron chi connectivity index (χ2n) is 4.68. The fraction of sp³-hybridized carbons (Fsp3) is 0.900. The van der Waals surface area contributed by atoms with Crippen molar-refractivity contribution in [1.82, 2.24) is 4.90 Å². The van der Waals surface area contributed by atoms with E-state index in [0.717, 1.165) is 13.1 Å². The predicted octanol–water partition coefficient (Wildman–Crippen LogP) is 0.627. The van der Waals surface area contributed by atoms with Crippen LogP contribution in [-0.4, -0.2) is 35.6 Å². The van der Waals surface area contributed by atoms with E-state index in [9.17, 15) is 4.79 Å². The highest BCUT2D eigenvalue weighted by Crippen LogP contribution is 2.48. The minimum absolute atomic E-state index is 0.101. The summed E-state index contributed by atoms with van der Waals surface area (Å²) in [5.41, 5.74) is 0.352. The minimum atomic E-state index is -0.331. The third-order valence-electron chi connectivity index (χ3n) is 3.77. The molecule has 3 nitrogen and oxygen atoms in total. The van der Waals surface area contributed by atoms with Crippen molar-refractivity contribution in [2.75, 3.05) is 19.7 Å². The molecule has 1 amide bonds. The standard InChI is InChI=1S/C10H17NO2/c1-10-4-2-3-8(10)5-11(7-10)9(13)6-12/h8,12H,2-7H2,1H3/t8-,10+/m0/s1. The summed E-state index contributed by atoms with van der Waals surface area (Å²) in [7, 11) is 0. The molecule has 0 unspecified atom stereocenters. The van der Waals surface area contributed by atoms with E-state index in [-0.39, 0.29) is 12.5 Å². The Labute approximate surface area is 78.7 Å². The van der Waals surface area contributed by atoms with E-state index in [1.165, 1.54) is 19.3 Å². The van der Waals surface area contributed by atoms with Crippen molar-refractivity contribution < 1.29 is 9.90 Å². The number of carbonyl (C=O) groups excluding carboxylic acids is 1. The lowest BCUT2D eigenvalue weighted by atomic mass is 9.83. The van der Waals surface area contributed by atoms with Gasteiger partial charge in [0.2, 0.25) is 5.91 Å². The molecule has 1 saturated carbocycles. The Morgan fingerprint density at radius 3 is 3.08 bits per heavy atom. The highest BCUT2D eigenvalue weighted by molar-refractivity contribution is 5.77. The first kappa shape index (κ1) is 9.00. The zero-order valence-electron chi connectivity index (χ0n) is 8.12. The Kier molecular flexibility index (Phi) is 2.06. The first-order valence-electron chi connectivity index (χ1n) is 5.04. The average Bonchev–Trinajstić information content (AvgIpc) is 2.57. The Balaban J connectivity index is 2.05. The fourth-order valence-corrected chi connectivity index (χ4v) is 2.88. The van der Waals surface area contributed by atoms with Gasteiger partial charge in [0, 0.05) is 13.1 Å². The highest BCUT2D eigenvalue weighted by Gasteiger charge is 2.46. The molecule has 0 bridgehead atoms. The van der Waals surface area contributed by atoms with Crippen LogP contribution in [0.5, 0.6) is 0 Å². The van der Waals surface area contributed by atoms with Gasteiger partial charge in [0.25, 0.3) is 0 Å². The molecule has 1 aliphatic heterocycles. The largest absolute Gasteiger partial charge is 0.387 e. The van der Waals surface area contributed by atoms with Crippen molar-refractivity contribution in [3.8, 4) is 0 Å². The highest BCUT2D eigenvalue weighted by atomic mass is 16.3. The molecule has 2 aliphatic rings. The fourth-order valence-electron chi connectivity index (χ4n) is 2.88. The zero-order chi connectivity index (χ0) is 9.47. The molecule has 1 saturated heterocycles. The molecule has 13 heavy (non-hydrogen) atoms. The summed E-state index contributed by atoms with van der Waals surface area (Å²) < 4.78 is 0. The van der Waals surface area contributed by atoms with Crippen molar-refractivity contribution in [1.29, 1.82) is 0 Å². The van der Waals surface area contributed by atoms with Crippen LogP contribution in [-0.2, 0) is 4.79 Å². The lowest BCUT2D eigenvalue weighted by Gasteiger charge is -2.22. The summed E-state index contributed by atoms with van der Waals surface area (Å²) in [5.74, 6) is 0.582. The Morgan fingerprint density at radius 1 is 1.69 bits per heavy atom. The van der Waals surface area contributed by atoms with E-state index in [4.69, 9.17) is 5.11 Å². The average molecular weight is 183 g/mol. The molecule has 0 radical (unpaired) electrons. The maximum absolute atomic E-state index is 11.3. The van der Waals surface area contributed by atoms with Crippen LogP contribution in [0.15, 0.2) is 0 Å². The van der Waals surface area contributed by atoms with Gasteiger partial charge >= 0.3 is 0 Å². The number of rotatable bonds is 1. The van der Waals surface area contributed by atoms with Gasteiger partial charge in [-0.2, -0.15) is 0 Å². The Morgan fingerprint density at radius 2 is 2.46 bits per heavy atom. The number of likely N-dealkylation sites (tertiary alicyclic amines) is 1. The van der Waals surface area contributed by atoms with Crippen LogP contribution < -0.4 is 0 Å². The lowest BCUT2D eigenvalue weighted by Crippen LogP contribution is -2.33. The van der Waals surface area contributed by atoms with Gasteiger partial charge in [-0.3, -0.25) is 4.79 Å². The molecular formula is C10H17NO2. The summed E-state index contributed by atoms with van der Waals surface area (Å²) in [5, 5.41) is 8.75. The number of aliphatic hydroxyl groups excluding tert-OH is 1. The minimum Gasteiger partial charge on any atom is -0.387 e. The maximum Gasteiger partial charge on any atom is 0.248 e. The van der Waals surface area contributed by atoms with Crippen molar-refractivity contribution >= 4 is 5.91 Å². The van der Waals surface area contributed by atoms with E-state index in [1.807, 2.05) is 4.90 Å². The van der Waals surface area contributed by atoms with E-state index < -0.39 is 0 Å². The monoisotopic (exact) mass is 183 g/mol. The number of hydrogen-bond donors (Lipinski definition) is 1. The number of fused-ring (bicyclic) bond motifs is 1. The second-order valence-corrected chi connectivity index (χ2v) is 4.68. The van der Waals surface area contributed by atoms with Gasteiger partial charge in [0.15, 0.2) is 0 Å². The molecule has 0 spiro atoms. The van der Waals surface area contributed by atoms with Crippen molar-refractivity contribution in [2.24, 2.45) is 11.3 Å². The van der Waals surface area contributed by atoms with Gasteiger partial charge < -0.3 is 10.0 Å². The summed E-state index contributed by atoms with van der Waals surface area (Å²) in [4.78, 5) is 13.1. The van der Waals surface area contributed by atoms with Gasteiger partial charge in [0.05, 0.1) is 0 Å². The van der Waals surface area contributed by atoms with Crippen LogP contribution in [0.4, 0.5) is 0 Å². The third kappa shape index (κ3) is 1.35. The number of carbonyl (C=O) groups is 1. The van der Waals surface area contributed by atoms with Crippen LogP contribution in [0.3, 0.4) is 0 Å². The Bertz CT molecular complexity index is 229. The van der Waals surface area contributed by atoms with Crippen LogP contribution in [0.25, 0.3) is 0 Å². The molecule has 2 rings (SSSR count). The molecule has 74 valence electrons. The molecule has 1 N–H and O–H groups in total. The van der Waals surface area contributed by atoms with Crippen LogP contribution in [0, 0.1) is 11.3 Å². The van der Waals surface area contributed by atoms with Crippen molar-refractivity contribution in [2.45, 2.75) is 26.2 Å². The van der Waals surface area contributed by atoms with Crippen LogP contribution in [0.1, 0.15) is 26.2 Å². The van der Waals surface area contributed by atoms with Crippen molar-refractivity contribution in [3.05, 3.63) is 0 Å². The van der Waals surface area contributed by atoms with E-state index in [1.54, 1.807) is 0 Å². The molecule has 1 heterocycles. The molecule has 1 aliphatic carbocycles. The van der Waals surface area contributed by atoms with Crippen LogP contribution in [0.2, 0.25) is 0 Å². The number of amides is 1. The SMILES string of the molecule is C[C@]12CCC[C@H]1CN(C(=O)CO)C2. The summed E-state index contributed by atoms with van der Waals surface area (Å²) in [6.07, 6.45) is 3.81. The number of nitrogens with zero attached hydrogens (tertiary/aromatic N) is 1. The molecule has 2 atom stereocenters. The molecule has 0 aromatic heterocycles. The second kappa shape index (κ2) is 2.98. The number of aliphatic hydroxyl groups is 1. The molecule has 0 aromatic carbocycles. The van der Waals surface area contributed by atoms with Gasteiger partial charge in [-0.15, -0.1) is 0 Å². The van der Waals surface area contributed by atoms with Crippen LogP contribution >= 0.6 is 0 Å². The molecular weight excluding hydrogens is 166 g/mol. The maximum atomic E-state index is 11.3. The smallest absolute Gasteiger partial charge is 0.248 e.